The molecule has 0 aromatic carbocycles. The van der Waals surface area contributed by atoms with Crippen molar-refractivity contribution in [2.45, 2.75) is 44.0 Å². The molecule has 100 valence electrons. The zero-order chi connectivity index (χ0) is 12.5. The number of hydrogen-bond acceptors (Lipinski definition) is 4. The number of carbonyl (C=O) groups excluding carboxylic acids is 1. The van der Waals surface area contributed by atoms with Crippen LogP contribution in [0.1, 0.15) is 32.6 Å². The van der Waals surface area contributed by atoms with Crippen molar-refractivity contribution in [2.75, 3.05) is 25.4 Å². The molecule has 1 aliphatic heterocycles. The molecule has 1 rings (SSSR count). The Morgan fingerprint density at radius 1 is 1.53 bits per heavy atom. The Hall–Kier alpha value is -0.260. The molecule has 1 saturated heterocycles. The predicted octanol–water partition coefficient (Wildman–Crippen LogP) is 0.749. The largest absolute Gasteiger partial charge is 0.393 e. The average molecular weight is 260 g/mol. The summed E-state index contributed by atoms with van der Waals surface area (Å²) in [6.07, 6.45) is 3.67. The number of nitrogens with one attached hydrogen (secondary N) is 2. The summed E-state index contributed by atoms with van der Waals surface area (Å²) in [6.45, 7) is 4.60. The second-order valence-electron chi connectivity index (χ2n) is 4.60. The van der Waals surface area contributed by atoms with Crippen LogP contribution in [-0.2, 0) is 4.79 Å². The summed E-state index contributed by atoms with van der Waals surface area (Å²) in [6, 6.07) is 0. The highest BCUT2D eigenvalue weighted by molar-refractivity contribution is 8.00. The van der Waals surface area contributed by atoms with E-state index in [0.717, 1.165) is 25.9 Å². The quantitative estimate of drug-likeness (QED) is 0.591. The van der Waals surface area contributed by atoms with Crippen LogP contribution in [0.25, 0.3) is 0 Å². The van der Waals surface area contributed by atoms with Gasteiger partial charge in [0.05, 0.1) is 11.9 Å². The van der Waals surface area contributed by atoms with Gasteiger partial charge in [-0.1, -0.05) is 0 Å². The molecule has 1 amide bonds. The summed E-state index contributed by atoms with van der Waals surface area (Å²) in [5, 5.41) is 15.9. The molecule has 5 heteroatoms. The topological polar surface area (TPSA) is 61.4 Å². The lowest BCUT2D eigenvalue weighted by Gasteiger charge is -2.21. The van der Waals surface area contributed by atoms with E-state index in [1.165, 1.54) is 12.8 Å². The Bertz CT molecular complexity index is 219. The van der Waals surface area contributed by atoms with Gasteiger partial charge in [-0.2, -0.15) is 0 Å². The van der Waals surface area contributed by atoms with Gasteiger partial charge in [0, 0.05) is 11.8 Å². The van der Waals surface area contributed by atoms with Gasteiger partial charge in [-0.25, -0.2) is 0 Å². The molecule has 3 N–H and O–H groups in total. The molecule has 1 fully saturated rings. The smallest absolute Gasteiger partial charge is 0.230 e. The number of aliphatic hydroxyl groups excluding tert-OH is 1. The first-order valence-corrected chi connectivity index (χ1v) is 7.50. The van der Waals surface area contributed by atoms with Gasteiger partial charge in [0.2, 0.25) is 5.91 Å². The van der Waals surface area contributed by atoms with Crippen LogP contribution in [0.4, 0.5) is 0 Å². The van der Waals surface area contributed by atoms with Gasteiger partial charge < -0.3 is 15.7 Å². The third-order valence-corrected chi connectivity index (χ3v) is 4.23. The monoisotopic (exact) mass is 260 g/mol. The molecule has 17 heavy (non-hydrogen) atoms. The molecular formula is C12H24N2O2S. The lowest BCUT2D eigenvalue weighted by molar-refractivity contribution is -0.118. The molecule has 1 aliphatic rings. The number of carbonyl (C=O) groups is 1. The van der Waals surface area contributed by atoms with Gasteiger partial charge in [-0.3, -0.25) is 4.79 Å². The molecule has 0 aromatic rings. The lowest BCUT2D eigenvalue weighted by atomic mass is 10.2. The highest BCUT2D eigenvalue weighted by Crippen LogP contribution is 2.19. The molecule has 1 atom stereocenters. The summed E-state index contributed by atoms with van der Waals surface area (Å²) < 4.78 is 0. The lowest BCUT2D eigenvalue weighted by Crippen LogP contribution is -2.31. The maximum atomic E-state index is 11.5. The van der Waals surface area contributed by atoms with Crippen molar-refractivity contribution in [3.63, 3.8) is 0 Å². The second kappa shape index (κ2) is 8.78. The van der Waals surface area contributed by atoms with Crippen molar-refractivity contribution in [3.8, 4) is 0 Å². The van der Waals surface area contributed by atoms with Gasteiger partial charge in [-0.15, -0.1) is 11.8 Å². The number of thioether (sulfide) groups is 1. The van der Waals surface area contributed by atoms with Crippen molar-refractivity contribution >= 4 is 17.7 Å². The standard InChI is InChI=1S/C12H24N2O2S/c1-10(15)3-2-6-14-12(16)9-17-11-4-7-13-8-5-11/h10-11,13,15H,2-9H2,1H3,(H,14,16). The van der Waals surface area contributed by atoms with Crippen LogP contribution in [0.5, 0.6) is 0 Å². The van der Waals surface area contributed by atoms with Crippen molar-refractivity contribution in [3.05, 3.63) is 0 Å². The van der Waals surface area contributed by atoms with E-state index in [0.29, 0.717) is 17.5 Å². The van der Waals surface area contributed by atoms with Crippen molar-refractivity contribution < 1.29 is 9.90 Å². The number of amides is 1. The summed E-state index contributed by atoms with van der Waals surface area (Å²) in [4.78, 5) is 11.5. The maximum absolute atomic E-state index is 11.5. The van der Waals surface area contributed by atoms with Gasteiger partial charge >= 0.3 is 0 Å². The SMILES string of the molecule is CC(O)CCCNC(=O)CSC1CCNCC1. The highest BCUT2D eigenvalue weighted by Gasteiger charge is 2.14. The fourth-order valence-corrected chi connectivity index (χ4v) is 2.89. The van der Waals surface area contributed by atoms with Crippen LogP contribution in [0, 0.1) is 0 Å². The van der Waals surface area contributed by atoms with Crippen LogP contribution >= 0.6 is 11.8 Å². The van der Waals surface area contributed by atoms with Crippen molar-refractivity contribution in [1.82, 2.24) is 10.6 Å². The van der Waals surface area contributed by atoms with E-state index in [-0.39, 0.29) is 12.0 Å². The first-order valence-electron chi connectivity index (χ1n) is 6.45. The van der Waals surface area contributed by atoms with Gasteiger partial charge in [0.1, 0.15) is 0 Å². The van der Waals surface area contributed by atoms with Gasteiger partial charge in [-0.05, 0) is 45.7 Å². The molecule has 4 nitrogen and oxygen atoms in total. The molecule has 1 unspecified atom stereocenters. The van der Waals surface area contributed by atoms with E-state index in [1.807, 2.05) is 0 Å². The third kappa shape index (κ3) is 7.63. The Labute approximate surface area is 108 Å². The molecule has 0 radical (unpaired) electrons. The summed E-state index contributed by atoms with van der Waals surface area (Å²) in [7, 11) is 0. The van der Waals surface area contributed by atoms with E-state index in [4.69, 9.17) is 5.11 Å². The van der Waals surface area contributed by atoms with E-state index < -0.39 is 0 Å². The molecule has 0 spiro atoms. The minimum atomic E-state index is -0.268. The predicted molar refractivity (Wildman–Crippen MR) is 72.3 cm³/mol. The van der Waals surface area contributed by atoms with E-state index in [1.54, 1.807) is 18.7 Å². The average Bonchev–Trinajstić information content (AvgIpc) is 2.33. The Morgan fingerprint density at radius 2 is 2.24 bits per heavy atom. The molecule has 0 saturated carbocycles. The number of piperidine rings is 1. The maximum Gasteiger partial charge on any atom is 0.230 e. The summed E-state index contributed by atoms with van der Waals surface area (Å²) in [5.74, 6) is 0.693. The second-order valence-corrected chi connectivity index (χ2v) is 5.89. The van der Waals surface area contributed by atoms with E-state index in [2.05, 4.69) is 10.6 Å². The Balaban J connectivity index is 1.96. The fourth-order valence-electron chi connectivity index (χ4n) is 1.83. The number of rotatable bonds is 7. The van der Waals surface area contributed by atoms with Crippen LogP contribution in [0.2, 0.25) is 0 Å². The fraction of sp³-hybridized carbons (Fsp3) is 0.917. The van der Waals surface area contributed by atoms with E-state index in [9.17, 15) is 4.79 Å². The minimum absolute atomic E-state index is 0.124. The van der Waals surface area contributed by atoms with Gasteiger partial charge in [0.25, 0.3) is 0 Å². The first-order chi connectivity index (χ1) is 8.18. The molecule has 0 aliphatic carbocycles. The third-order valence-electron chi connectivity index (χ3n) is 2.86. The number of hydrogen-bond donors (Lipinski definition) is 3. The zero-order valence-corrected chi connectivity index (χ0v) is 11.4. The zero-order valence-electron chi connectivity index (χ0n) is 10.6. The minimum Gasteiger partial charge on any atom is -0.393 e. The van der Waals surface area contributed by atoms with Crippen LogP contribution in [-0.4, -0.2) is 47.8 Å². The van der Waals surface area contributed by atoms with E-state index >= 15 is 0 Å². The summed E-state index contributed by atoms with van der Waals surface area (Å²) in [5.41, 5.74) is 0. The van der Waals surface area contributed by atoms with Crippen molar-refractivity contribution in [1.29, 1.82) is 0 Å². The van der Waals surface area contributed by atoms with Crippen molar-refractivity contribution in [2.24, 2.45) is 0 Å². The van der Waals surface area contributed by atoms with Crippen LogP contribution in [0.3, 0.4) is 0 Å². The van der Waals surface area contributed by atoms with Crippen LogP contribution < -0.4 is 10.6 Å². The van der Waals surface area contributed by atoms with Gasteiger partial charge in [0.15, 0.2) is 0 Å². The van der Waals surface area contributed by atoms with Crippen LogP contribution in [0.15, 0.2) is 0 Å². The first kappa shape index (κ1) is 14.8. The molecule has 1 heterocycles. The molecular weight excluding hydrogens is 236 g/mol. The Kier molecular flexibility index (Phi) is 7.64. The number of aliphatic hydroxyl groups is 1. The summed E-state index contributed by atoms with van der Waals surface area (Å²) >= 11 is 1.77. The Morgan fingerprint density at radius 3 is 2.88 bits per heavy atom. The molecule has 0 bridgehead atoms. The normalized spacial score (nSPS) is 18.9. The molecule has 0 aromatic heterocycles. The highest BCUT2D eigenvalue weighted by atomic mass is 32.2.